The lowest BCUT2D eigenvalue weighted by Crippen LogP contribution is -2.48. The summed E-state index contributed by atoms with van der Waals surface area (Å²) in [4.78, 5) is 12.4. The van der Waals surface area contributed by atoms with E-state index in [1.807, 2.05) is 0 Å². The fraction of sp³-hybridized carbons (Fsp3) is 0.500. The van der Waals surface area contributed by atoms with E-state index in [4.69, 9.17) is 14.5 Å². The third-order valence-electron chi connectivity index (χ3n) is 8.13. The maximum absolute atomic E-state index is 6.20. The number of fused-ring (bicyclic) bond motifs is 3. The Labute approximate surface area is 220 Å². The van der Waals surface area contributed by atoms with Gasteiger partial charge in [0.2, 0.25) is 0 Å². The predicted molar refractivity (Wildman–Crippen MR) is 148 cm³/mol. The monoisotopic (exact) mass is 501 g/mol. The number of benzene rings is 2. The Morgan fingerprint density at radius 1 is 0.946 bits per heavy atom. The Hall–Kier alpha value is -2.87. The molecule has 0 unspecified atom stereocenters. The molecule has 0 radical (unpaired) electrons. The summed E-state index contributed by atoms with van der Waals surface area (Å²) >= 11 is 0. The first-order chi connectivity index (χ1) is 18.0. The van der Waals surface area contributed by atoms with Gasteiger partial charge in [-0.3, -0.25) is 14.4 Å². The second-order valence-corrected chi connectivity index (χ2v) is 10.8. The third kappa shape index (κ3) is 5.13. The van der Waals surface area contributed by atoms with E-state index < -0.39 is 0 Å². The van der Waals surface area contributed by atoms with E-state index >= 15 is 0 Å². The average Bonchev–Trinajstić information content (AvgIpc) is 3.36. The minimum atomic E-state index is 0.508. The molecule has 1 aromatic heterocycles. The van der Waals surface area contributed by atoms with E-state index in [9.17, 15) is 0 Å². The minimum Gasteiger partial charge on any atom is -0.483 e. The van der Waals surface area contributed by atoms with Gasteiger partial charge >= 0.3 is 0 Å². The number of anilines is 1. The second kappa shape index (κ2) is 10.5. The fourth-order valence-electron chi connectivity index (χ4n) is 5.78. The highest BCUT2D eigenvalue weighted by Gasteiger charge is 2.23. The van der Waals surface area contributed by atoms with Crippen molar-refractivity contribution in [3.8, 4) is 22.6 Å². The first-order valence-electron chi connectivity index (χ1n) is 13.8. The van der Waals surface area contributed by atoms with E-state index in [2.05, 4.69) is 82.6 Å². The molecule has 37 heavy (non-hydrogen) atoms. The zero-order valence-corrected chi connectivity index (χ0v) is 22.4. The molecule has 0 saturated carbocycles. The molecule has 0 amide bonds. The highest BCUT2D eigenvalue weighted by Crippen LogP contribution is 2.37. The second-order valence-electron chi connectivity index (χ2n) is 10.8. The molecular formula is C30H39N5O2. The number of nitrogens with zero attached hydrogens (tertiary/aromatic N) is 5. The molecule has 2 fully saturated rings. The Morgan fingerprint density at radius 2 is 1.70 bits per heavy atom. The summed E-state index contributed by atoms with van der Waals surface area (Å²) in [6.45, 7) is 16.4. The van der Waals surface area contributed by atoms with E-state index in [1.54, 1.807) is 0 Å². The summed E-state index contributed by atoms with van der Waals surface area (Å²) in [6, 6.07) is 14.1. The van der Waals surface area contributed by atoms with Gasteiger partial charge < -0.3 is 14.4 Å². The number of hydrogen-bond acceptors (Lipinski definition) is 6. The van der Waals surface area contributed by atoms with Gasteiger partial charge in [-0.1, -0.05) is 12.1 Å². The smallest absolute Gasteiger partial charge is 0.151 e. The summed E-state index contributed by atoms with van der Waals surface area (Å²) in [5, 5.41) is 0. The Kier molecular flexibility index (Phi) is 6.93. The molecule has 0 bridgehead atoms. The number of rotatable bonds is 6. The van der Waals surface area contributed by atoms with Crippen LogP contribution in [0.4, 0.5) is 5.69 Å². The van der Waals surface area contributed by atoms with Crippen LogP contribution in [0.25, 0.3) is 16.8 Å². The van der Waals surface area contributed by atoms with Crippen molar-refractivity contribution >= 4 is 5.69 Å². The molecule has 6 rings (SSSR count). The van der Waals surface area contributed by atoms with Gasteiger partial charge in [-0.15, -0.1) is 0 Å². The van der Waals surface area contributed by atoms with Gasteiger partial charge in [-0.05, 0) is 61.7 Å². The van der Waals surface area contributed by atoms with E-state index in [0.717, 1.165) is 88.4 Å². The summed E-state index contributed by atoms with van der Waals surface area (Å²) in [7, 11) is 0. The van der Waals surface area contributed by atoms with Crippen LogP contribution in [-0.4, -0.2) is 84.4 Å². The molecule has 3 aliphatic heterocycles. The SMILES string of the molecule is Cc1cc2c(cc1-c1ccc(N3CCN(C(C)C)CC3)cc1)OCc1nc(CCN3CCOCC3)cn1-2. The lowest BCUT2D eigenvalue weighted by molar-refractivity contribution is 0.0383. The lowest BCUT2D eigenvalue weighted by atomic mass is 9.98. The highest BCUT2D eigenvalue weighted by atomic mass is 16.5. The number of ether oxygens (including phenoxy) is 2. The first-order valence-corrected chi connectivity index (χ1v) is 13.8. The Morgan fingerprint density at radius 3 is 2.43 bits per heavy atom. The largest absolute Gasteiger partial charge is 0.483 e. The molecule has 0 atom stereocenters. The number of aryl methyl sites for hydroxylation is 1. The zero-order chi connectivity index (χ0) is 25.4. The normalized spacial score (nSPS) is 18.5. The molecule has 0 N–H and O–H groups in total. The Bertz CT molecular complexity index is 1220. The van der Waals surface area contributed by atoms with Crippen molar-refractivity contribution in [3.63, 3.8) is 0 Å². The number of hydrogen-bond donors (Lipinski definition) is 0. The molecule has 7 nitrogen and oxygen atoms in total. The summed E-state index contributed by atoms with van der Waals surface area (Å²) < 4.78 is 13.9. The van der Waals surface area contributed by atoms with Crippen LogP contribution in [0.1, 0.15) is 30.9 Å². The van der Waals surface area contributed by atoms with Crippen molar-refractivity contribution in [2.24, 2.45) is 0 Å². The average molecular weight is 502 g/mol. The molecule has 2 saturated heterocycles. The van der Waals surface area contributed by atoms with Crippen molar-refractivity contribution in [3.05, 3.63) is 59.7 Å². The molecular weight excluding hydrogens is 462 g/mol. The molecule has 7 heteroatoms. The van der Waals surface area contributed by atoms with Crippen LogP contribution in [0.3, 0.4) is 0 Å². The number of morpholine rings is 1. The van der Waals surface area contributed by atoms with Crippen molar-refractivity contribution < 1.29 is 9.47 Å². The zero-order valence-electron chi connectivity index (χ0n) is 22.4. The molecule has 3 aliphatic rings. The standard InChI is InChI=1S/C30H39N5O2/c1-22(2)33-10-12-34(13-11-33)26-6-4-24(5-7-26)27-19-29-28(18-23(27)3)35-20-25(31-30(35)21-37-29)8-9-32-14-16-36-17-15-32/h4-7,18-20,22H,8-17,21H2,1-3H3. The molecule has 0 aliphatic carbocycles. The molecule has 0 spiro atoms. The molecule has 2 aromatic carbocycles. The van der Waals surface area contributed by atoms with Gasteiger partial charge in [0.05, 0.1) is 24.6 Å². The highest BCUT2D eigenvalue weighted by molar-refractivity contribution is 5.74. The van der Waals surface area contributed by atoms with Crippen molar-refractivity contribution in [2.75, 3.05) is 63.9 Å². The quantitative estimate of drug-likeness (QED) is 0.506. The fourth-order valence-corrected chi connectivity index (χ4v) is 5.78. The molecule has 4 heterocycles. The number of imidazole rings is 1. The summed E-state index contributed by atoms with van der Waals surface area (Å²) in [5.41, 5.74) is 7.24. The van der Waals surface area contributed by atoms with Crippen molar-refractivity contribution in [2.45, 2.75) is 39.8 Å². The van der Waals surface area contributed by atoms with Gasteiger partial charge in [0, 0.05) is 70.2 Å². The van der Waals surface area contributed by atoms with Crippen LogP contribution < -0.4 is 9.64 Å². The predicted octanol–water partition coefficient (Wildman–Crippen LogP) is 4.15. The van der Waals surface area contributed by atoms with Crippen LogP contribution in [0, 0.1) is 6.92 Å². The van der Waals surface area contributed by atoms with Crippen molar-refractivity contribution in [1.29, 1.82) is 0 Å². The van der Waals surface area contributed by atoms with Gasteiger partial charge in [-0.25, -0.2) is 4.98 Å². The van der Waals surface area contributed by atoms with Crippen LogP contribution in [-0.2, 0) is 17.8 Å². The minimum absolute atomic E-state index is 0.508. The number of aromatic nitrogens is 2. The third-order valence-corrected chi connectivity index (χ3v) is 8.13. The number of piperazine rings is 1. The Balaban J connectivity index is 1.17. The summed E-state index contributed by atoms with van der Waals surface area (Å²) in [5.74, 6) is 1.91. The molecule has 3 aromatic rings. The van der Waals surface area contributed by atoms with Gasteiger partial charge in [0.1, 0.15) is 12.4 Å². The van der Waals surface area contributed by atoms with Gasteiger partial charge in [-0.2, -0.15) is 0 Å². The van der Waals surface area contributed by atoms with Gasteiger partial charge in [0.15, 0.2) is 5.82 Å². The van der Waals surface area contributed by atoms with Crippen LogP contribution in [0.2, 0.25) is 0 Å². The maximum Gasteiger partial charge on any atom is 0.151 e. The van der Waals surface area contributed by atoms with Crippen molar-refractivity contribution in [1.82, 2.24) is 19.4 Å². The van der Waals surface area contributed by atoms with E-state index in [1.165, 1.54) is 22.4 Å². The first kappa shape index (κ1) is 24.5. The van der Waals surface area contributed by atoms with Crippen LogP contribution in [0.5, 0.6) is 5.75 Å². The lowest BCUT2D eigenvalue weighted by Gasteiger charge is -2.38. The van der Waals surface area contributed by atoms with E-state index in [-0.39, 0.29) is 0 Å². The topological polar surface area (TPSA) is 46.0 Å². The van der Waals surface area contributed by atoms with E-state index in [0.29, 0.717) is 12.6 Å². The molecule has 196 valence electrons. The maximum atomic E-state index is 6.20. The van der Waals surface area contributed by atoms with Crippen LogP contribution in [0.15, 0.2) is 42.6 Å². The summed E-state index contributed by atoms with van der Waals surface area (Å²) in [6.07, 6.45) is 3.15. The van der Waals surface area contributed by atoms with Crippen LogP contribution >= 0.6 is 0 Å². The van der Waals surface area contributed by atoms with Gasteiger partial charge in [0.25, 0.3) is 0 Å².